The lowest BCUT2D eigenvalue weighted by Crippen LogP contribution is -2.41. The summed E-state index contributed by atoms with van der Waals surface area (Å²) in [7, 11) is 0. The van der Waals surface area contributed by atoms with Crippen molar-refractivity contribution < 1.29 is 19.4 Å². The first kappa shape index (κ1) is 15.2. The standard InChI is InChI=1S/C13H25NO4/c1-13(2,3)18-12(16)14-7-4-6-11(14)10-17-9-5-8-15/h11,15H,4-10H2,1-3H3/t11-/m0/s1. The highest BCUT2D eigenvalue weighted by Crippen LogP contribution is 2.21. The van der Waals surface area contributed by atoms with E-state index in [-0.39, 0.29) is 18.7 Å². The van der Waals surface area contributed by atoms with E-state index in [0.717, 1.165) is 19.4 Å². The summed E-state index contributed by atoms with van der Waals surface area (Å²) in [6.45, 7) is 7.55. The van der Waals surface area contributed by atoms with E-state index >= 15 is 0 Å². The second-order valence-electron chi connectivity index (χ2n) is 5.62. The van der Waals surface area contributed by atoms with Crippen LogP contribution in [0.1, 0.15) is 40.0 Å². The highest BCUT2D eigenvalue weighted by Gasteiger charge is 2.32. The van der Waals surface area contributed by atoms with Crippen LogP contribution in [0.2, 0.25) is 0 Å². The smallest absolute Gasteiger partial charge is 0.410 e. The molecule has 5 heteroatoms. The minimum atomic E-state index is -0.456. The van der Waals surface area contributed by atoms with Crippen molar-refractivity contribution in [1.82, 2.24) is 4.90 Å². The molecule has 1 rings (SSSR count). The number of ether oxygens (including phenoxy) is 2. The maximum atomic E-state index is 12.0. The van der Waals surface area contributed by atoms with Gasteiger partial charge in [0.25, 0.3) is 0 Å². The number of nitrogens with zero attached hydrogens (tertiary/aromatic N) is 1. The number of hydrogen-bond donors (Lipinski definition) is 1. The van der Waals surface area contributed by atoms with E-state index in [4.69, 9.17) is 14.6 Å². The van der Waals surface area contributed by atoms with Crippen LogP contribution in [0.15, 0.2) is 0 Å². The third-order valence-electron chi connectivity index (χ3n) is 2.76. The van der Waals surface area contributed by atoms with Gasteiger partial charge in [-0.3, -0.25) is 0 Å². The predicted octanol–water partition coefficient (Wildman–Crippen LogP) is 1.78. The van der Waals surface area contributed by atoms with Crippen LogP contribution in [0.4, 0.5) is 4.79 Å². The second kappa shape index (κ2) is 6.95. The van der Waals surface area contributed by atoms with Crippen molar-refractivity contribution in [2.24, 2.45) is 0 Å². The van der Waals surface area contributed by atoms with Gasteiger partial charge in [-0.1, -0.05) is 0 Å². The molecule has 1 N–H and O–H groups in total. The molecule has 0 radical (unpaired) electrons. The molecule has 0 bridgehead atoms. The highest BCUT2D eigenvalue weighted by atomic mass is 16.6. The van der Waals surface area contributed by atoms with E-state index in [1.165, 1.54) is 0 Å². The van der Waals surface area contributed by atoms with Crippen molar-refractivity contribution >= 4 is 6.09 Å². The predicted molar refractivity (Wildman–Crippen MR) is 68.5 cm³/mol. The number of likely N-dealkylation sites (tertiary alicyclic amines) is 1. The first-order chi connectivity index (χ1) is 8.44. The molecule has 5 nitrogen and oxygen atoms in total. The molecule has 0 aromatic carbocycles. The van der Waals surface area contributed by atoms with Gasteiger partial charge < -0.3 is 19.5 Å². The molecule has 1 fully saturated rings. The SMILES string of the molecule is CC(C)(C)OC(=O)N1CCC[C@H]1COCCCO. The quantitative estimate of drug-likeness (QED) is 0.765. The monoisotopic (exact) mass is 259 g/mol. The Morgan fingerprint density at radius 2 is 2.17 bits per heavy atom. The van der Waals surface area contributed by atoms with Gasteiger partial charge in [0.2, 0.25) is 0 Å². The molecule has 0 aliphatic carbocycles. The number of hydrogen-bond acceptors (Lipinski definition) is 4. The maximum absolute atomic E-state index is 12.0. The van der Waals surface area contributed by atoms with Gasteiger partial charge in [-0.15, -0.1) is 0 Å². The Kier molecular flexibility index (Phi) is 5.88. The van der Waals surface area contributed by atoms with Crippen LogP contribution < -0.4 is 0 Å². The molecule has 1 aliphatic heterocycles. The third kappa shape index (κ3) is 5.23. The number of amides is 1. The molecule has 0 aromatic rings. The van der Waals surface area contributed by atoms with Crippen LogP contribution in [0, 0.1) is 0 Å². The first-order valence-corrected chi connectivity index (χ1v) is 6.62. The molecule has 18 heavy (non-hydrogen) atoms. The minimum absolute atomic E-state index is 0.110. The van der Waals surface area contributed by atoms with Gasteiger partial charge in [0, 0.05) is 19.8 Å². The van der Waals surface area contributed by atoms with Crippen LogP contribution in [0.3, 0.4) is 0 Å². The van der Waals surface area contributed by atoms with E-state index in [1.807, 2.05) is 20.8 Å². The molecule has 1 heterocycles. The van der Waals surface area contributed by atoms with E-state index < -0.39 is 5.60 Å². The molecule has 106 valence electrons. The van der Waals surface area contributed by atoms with E-state index in [2.05, 4.69) is 0 Å². The summed E-state index contributed by atoms with van der Waals surface area (Å²) in [6, 6.07) is 0.110. The molecule has 0 unspecified atom stereocenters. The molecule has 1 saturated heterocycles. The molecule has 0 aromatic heterocycles. The van der Waals surface area contributed by atoms with Gasteiger partial charge in [-0.2, -0.15) is 0 Å². The van der Waals surface area contributed by atoms with Crippen LogP contribution in [0.5, 0.6) is 0 Å². The third-order valence-corrected chi connectivity index (χ3v) is 2.76. The average Bonchev–Trinajstić information content (AvgIpc) is 2.70. The van der Waals surface area contributed by atoms with Crippen LogP contribution >= 0.6 is 0 Å². The summed E-state index contributed by atoms with van der Waals surface area (Å²) >= 11 is 0. The Morgan fingerprint density at radius 3 is 2.78 bits per heavy atom. The van der Waals surface area contributed by atoms with Gasteiger partial charge >= 0.3 is 6.09 Å². The maximum Gasteiger partial charge on any atom is 0.410 e. The summed E-state index contributed by atoms with van der Waals surface area (Å²) in [6.07, 6.45) is 2.33. The molecule has 1 aliphatic rings. The van der Waals surface area contributed by atoms with Gasteiger partial charge in [0.15, 0.2) is 0 Å². The molecular weight excluding hydrogens is 234 g/mol. The summed E-state index contributed by atoms with van der Waals surface area (Å²) in [5.41, 5.74) is -0.456. The van der Waals surface area contributed by atoms with Gasteiger partial charge in [-0.25, -0.2) is 4.79 Å². The molecule has 0 saturated carbocycles. The fourth-order valence-corrected chi connectivity index (χ4v) is 1.96. The van der Waals surface area contributed by atoms with Crippen molar-refractivity contribution in [2.45, 2.75) is 51.7 Å². The lowest BCUT2D eigenvalue weighted by molar-refractivity contribution is 0.00957. The fourth-order valence-electron chi connectivity index (χ4n) is 1.96. The topological polar surface area (TPSA) is 59.0 Å². The van der Waals surface area contributed by atoms with E-state index in [9.17, 15) is 4.79 Å². The molecule has 0 spiro atoms. The van der Waals surface area contributed by atoms with Crippen molar-refractivity contribution in [1.29, 1.82) is 0 Å². The lowest BCUT2D eigenvalue weighted by atomic mass is 10.2. The largest absolute Gasteiger partial charge is 0.444 e. The Labute approximate surface area is 109 Å². The molecule has 1 atom stereocenters. The number of aliphatic hydroxyl groups excluding tert-OH is 1. The van der Waals surface area contributed by atoms with E-state index in [0.29, 0.717) is 19.6 Å². The first-order valence-electron chi connectivity index (χ1n) is 6.62. The van der Waals surface area contributed by atoms with Crippen molar-refractivity contribution in [3.8, 4) is 0 Å². The lowest BCUT2D eigenvalue weighted by Gasteiger charge is -2.28. The number of carbonyl (C=O) groups excluding carboxylic acids is 1. The van der Waals surface area contributed by atoms with Crippen molar-refractivity contribution in [3.05, 3.63) is 0 Å². The zero-order valence-electron chi connectivity index (χ0n) is 11.6. The van der Waals surface area contributed by atoms with E-state index in [1.54, 1.807) is 4.90 Å². The zero-order valence-corrected chi connectivity index (χ0v) is 11.6. The molecule has 1 amide bonds. The summed E-state index contributed by atoms with van der Waals surface area (Å²) < 4.78 is 10.8. The van der Waals surface area contributed by atoms with Crippen molar-refractivity contribution in [3.63, 3.8) is 0 Å². The number of carbonyl (C=O) groups is 1. The summed E-state index contributed by atoms with van der Waals surface area (Å²) in [5, 5.41) is 8.66. The zero-order chi connectivity index (χ0) is 13.6. The van der Waals surface area contributed by atoms with Crippen LogP contribution in [-0.4, -0.2) is 54.1 Å². The van der Waals surface area contributed by atoms with Gasteiger partial charge in [0.05, 0.1) is 12.6 Å². The minimum Gasteiger partial charge on any atom is -0.444 e. The van der Waals surface area contributed by atoms with Crippen LogP contribution in [0.25, 0.3) is 0 Å². The Hall–Kier alpha value is -0.810. The Morgan fingerprint density at radius 1 is 1.44 bits per heavy atom. The molecular formula is C13H25NO4. The second-order valence-corrected chi connectivity index (χ2v) is 5.62. The van der Waals surface area contributed by atoms with Crippen molar-refractivity contribution in [2.75, 3.05) is 26.4 Å². The summed E-state index contributed by atoms with van der Waals surface area (Å²) in [4.78, 5) is 13.7. The van der Waals surface area contributed by atoms with Crippen LogP contribution in [-0.2, 0) is 9.47 Å². The van der Waals surface area contributed by atoms with Gasteiger partial charge in [-0.05, 0) is 40.0 Å². The summed E-state index contributed by atoms with van der Waals surface area (Å²) in [5.74, 6) is 0. The van der Waals surface area contributed by atoms with Gasteiger partial charge in [0.1, 0.15) is 5.60 Å². The number of aliphatic hydroxyl groups is 1. The normalized spacial score (nSPS) is 20.2. The number of rotatable bonds is 5. The Bertz CT molecular complexity index is 262. The Balaban J connectivity index is 2.36. The fraction of sp³-hybridized carbons (Fsp3) is 0.923. The average molecular weight is 259 g/mol. The highest BCUT2D eigenvalue weighted by molar-refractivity contribution is 5.68.